The highest BCUT2D eigenvalue weighted by Gasteiger charge is 2.23. The largest absolute Gasteiger partial charge is 0.350 e. The summed E-state index contributed by atoms with van der Waals surface area (Å²) in [7, 11) is 0. The van der Waals surface area contributed by atoms with Crippen LogP contribution in [0, 0.1) is 5.92 Å². The fraction of sp³-hybridized carbons (Fsp3) is 0.538. The number of amides is 1. The lowest BCUT2D eigenvalue weighted by Gasteiger charge is -2.27. The van der Waals surface area contributed by atoms with Crippen LogP contribution in [0.25, 0.3) is 0 Å². The van der Waals surface area contributed by atoms with Gasteiger partial charge in [0, 0.05) is 22.0 Å². The summed E-state index contributed by atoms with van der Waals surface area (Å²) in [4.78, 5) is 16.6. The van der Waals surface area contributed by atoms with Crippen LogP contribution >= 0.6 is 31.9 Å². The van der Waals surface area contributed by atoms with Gasteiger partial charge in [-0.05, 0) is 46.8 Å². The average Bonchev–Trinajstić information content (AvgIpc) is 2.38. The van der Waals surface area contributed by atoms with Gasteiger partial charge in [0.2, 0.25) is 0 Å². The summed E-state index contributed by atoms with van der Waals surface area (Å²) in [6, 6.07) is 3.63. The van der Waals surface area contributed by atoms with Crippen molar-refractivity contribution in [1.29, 1.82) is 0 Å². The number of halogens is 2. The molecule has 2 unspecified atom stereocenters. The van der Waals surface area contributed by atoms with Crippen molar-refractivity contribution in [1.82, 2.24) is 10.3 Å². The first kappa shape index (κ1) is 14.0. The van der Waals surface area contributed by atoms with Gasteiger partial charge in [-0.3, -0.25) is 4.79 Å². The van der Waals surface area contributed by atoms with Crippen molar-refractivity contribution in [2.75, 3.05) is 6.54 Å². The molecule has 0 aliphatic heterocycles. The van der Waals surface area contributed by atoms with Gasteiger partial charge in [-0.1, -0.05) is 28.8 Å². The fourth-order valence-electron chi connectivity index (χ4n) is 2.25. The number of alkyl halides is 1. The maximum atomic E-state index is 12.0. The molecule has 0 bridgehead atoms. The highest BCUT2D eigenvalue weighted by molar-refractivity contribution is 9.10. The number of rotatable bonds is 3. The van der Waals surface area contributed by atoms with E-state index in [9.17, 15) is 4.79 Å². The van der Waals surface area contributed by atoms with Crippen molar-refractivity contribution in [3.05, 3.63) is 28.5 Å². The van der Waals surface area contributed by atoms with Gasteiger partial charge in [0.15, 0.2) is 0 Å². The van der Waals surface area contributed by atoms with Crippen molar-refractivity contribution in [3.63, 3.8) is 0 Å². The third-order valence-electron chi connectivity index (χ3n) is 3.31. The van der Waals surface area contributed by atoms with Crippen molar-refractivity contribution in [3.8, 4) is 0 Å². The third kappa shape index (κ3) is 3.54. The van der Waals surface area contributed by atoms with Gasteiger partial charge in [-0.2, -0.15) is 0 Å². The second kappa shape index (κ2) is 6.66. The number of nitrogens with zero attached hydrogens (tertiary/aromatic N) is 1. The highest BCUT2D eigenvalue weighted by Crippen LogP contribution is 2.29. The molecular formula is C13H16Br2N2O. The summed E-state index contributed by atoms with van der Waals surface area (Å²) in [5.74, 6) is 0.429. The Hall–Kier alpha value is -0.420. The van der Waals surface area contributed by atoms with E-state index in [2.05, 4.69) is 42.2 Å². The second-order valence-electron chi connectivity index (χ2n) is 4.60. The first-order valence-corrected chi connectivity index (χ1v) is 7.92. The zero-order valence-electron chi connectivity index (χ0n) is 10.0. The Bertz CT molecular complexity index is 425. The van der Waals surface area contributed by atoms with Crippen LogP contribution in [0.2, 0.25) is 0 Å². The average molecular weight is 376 g/mol. The van der Waals surface area contributed by atoms with Crippen LogP contribution in [-0.2, 0) is 0 Å². The van der Waals surface area contributed by atoms with Crippen LogP contribution in [0.1, 0.15) is 36.2 Å². The normalized spacial score (nSPS) is 23.7. The van der Waals surface area contributed by atoms with Crippen molar-refractivity contribution < 1.29 is 4.79 Å². The maximum Gasteiger partial charge on any atom is 0.271 e. The number of carbonyl (C=O) groups is 1. The van der Waals surface area contributed by atoms with E-state index in [0.29, 0.717) is 16.4 Å². The molecule has 98 valence electrons. The molecule has 0 radical (unpaired) electrons. The van der Waals surface area contributed by atoms with E-state index in [1.807, 2.05) is 6.07 Å². The van der Waals surface area contributed by atoms with E-state index in [4.69, 9.17) is 0 Å². The van der Waals surface area contributed by atoms with Crippen LogP contribution in [-0.4, -0.2) is 22.3 Å². The Balaban J connectivity index is 1.90. The van der Waals surface area contributed by atoms with Crippen molar-refractivity contribution >= 4 is 37.8 Å². The summed E-state index contributed by atoms with van der Waals surface area (Å²) < 4.78 is 0.738. The summed E-state index contributed by atoms with van der Waals surface area (Å²) in [5.41, 5.74) is 0.458. The number of aromatic nitrogens is 1. The minimum absolute atomic E-state index is 0.104. The highest BCUT2D eigenvalue weighted by atomic mass is 79.9. The van der Waals surface area contributed by atoms with Crippen LogP contribution in [0.4, 0.5) is 0 Å². The van der Waals surface area contributed by atoms with Gasteiger partial charge in [0.1, 0.15) is 5.69 Å². The Morgan fingerprint density at radius 3 is 2.94 bits per heavy atom. The number of hydrogen-bond acceptors (Lipinski definition) is 2. The Kier molecular flexibility index (Phi) is 5.18. The molecule has 1 heterocycles. The van der Waals surface area contributed by atoms with Gasteiger partial charge in [-0.15, -0.1) is 0 Å². The molecule has 1 N–H and O–H groups in total. The Labute approximate surface area is 124 Å². The minimum atomic E-state index is -0.104. The number of nitrogens with one attached hydrogen (secondary N) is 1. The molecule has 1 aromatic rings. The summed E-state index contributed by atoms with van der Waals surface area (Å²) in [5, 5.41) is 2.98. The molecule has 0 spiro atoms. The number of pyridine rings is 1. The van der Waals surface area contributed by atoms with Crippen LogP contribution in [0.5, 0.6) is 0 Å². The topological polar surface area (TPSA) is 42.0 Å². The molecule has 2 rings (SSSR count). The molecular weight excluding hydrogens is 360 g/mol. The first-order chi connectivity index (χ1) is 8.68. The molecule has 0 aromatic carbocycles. The molecule has 3 nitrogen and oxygen atoms in total. The molecule has 1 fully saturated rings. The zero-order chi connectivity index (χ0) is 13.0. The maximum absolute atomic E-state index is 12.0. The Morgan fingerprint density at radius 2 is 2.22 bits per heavy atom. The summed E-state index contributed by atoms with van der Waals surface area (Å²) >= 11 is 7.04. The molecule has 1 amide bonds. The number of hydrogen-bond donors (Lipinski definition) is 1. The van der Waals surface area contributed by atoms with E-state index in [1.165, 1.54) is 25.7 Å². The molecule has 1 aromatic heterocycles. The molecule has 0 saturated heterocycles. The van der Waals surface area contributed by atoms with Gasteiger partial charge in [-0.25, -0.2) is 4.98 Å². The van der Waals surface area contributed by atoms with E-state index < -0.39 is 0 Å². The first-order valence-electron chi connectivity index (χ1n) is 6.21. The predicted molar refractivity (Wildman–Crippen MR) is 78.9 cm³/mol. The molecule has 2 atom stereocenters. The van der Waals surface area contributed by atoms with E-state index >= 15 is 0 Å². The summed E-state index contributed by atoms with van der Waals surface area (Å²) in [6.07, 6.45) is 6.56. The van der Waals surface area contributed by atoms with E-state index in [1.54, 1.807) is 12.3 Å². The summed E-state index contributed by atoms with van der Waals surface area (Å²) in [6.45, 7) is 0.720. The van der Waals surface area contributed by atoms with Crippen molar-refractivity contribution in [2.45, 2.75) is 30.5 Å². The van der Waals surface area contributed by atoms with Gasteiger partial charge >= 0.3 is 0 Å². The molecule has 5 heteroatoms. The SMILES string of the molecule is O=C(NCC1CCCCC1Br)c1ncccc1Br. The van der Waals surface area contributed by atoms with E-state index in [0.717, 1.165) is 11.0 Å². The quantitative estimate of drug-likeness (QED) is 0.821. The molecule has 18 heavy (non-hydrogen) atoms. The lowest BCUT2D eigenvalue weighted by Crippen LogP contribution is -2.35. The van der Waals surface area contributed by atoms with E-state index in [-0.39, 0.29) is 5.91 Å². The zero-order valence-corrected chi connectivity index (χ0v) is 13.2. The monoisotopic (exact) mass is 374 g/mol. The fourth-order valence-corrected chi connectivity index (χ4v) is 3.46. The minimum Gasteiger partial charge on any atom is -0.350 e. The number of carbonyl (C=O) groups excluding carboxylic acids is 1. The van der Waals surface area contributed by atoms with Gasteiger partial charge in [0.25, 0.3) is 5.91 Å². The van der Waals surface area contributed by atoms with Crippen LogP contribution in [0.15, 0.2) is 22.8 Å². The Morgan fingerprint density at radius 1 is 1.44 bits per heavy atom. The van der Waals surface area contributed by atoms with Gasteiger partial charge < -0.3 is 5.32 Å². The second-order valence-corrected chi connectivity index (χ2v) is 6.63. The standard InChI is InChI=1S/C13H16Br2N2O/c14-10-5-2-1-4-9(10)8-17-13(18)12-11(15)6-3-7-16-12/h3,6-7,9-10H,1-2,4-5,8H2,(H,17,18). The smallest absolute Gasteiger partial charge is 0.271 e. The van der Waals surface area contributed by atoms with Crippen LogP contribution in [0.3, 0.4) is 0 Å². The lowest BCUT2D eigenvalue weighted by molar-refractivity contribution is 0.0938. The van der Waals surface area contributed by atoms with Crippen molar-refractivity contribution in [2.24, 2.45) is 5.92 Å². The van der Waals surface area contributed by atoms with Crippen LogP contribution < -0.4 is 5.32 Å². The van der Waals surface area contributed by atoms with Gasteiger partial charge in [0.05, 0.1) is 0 Å². The molecule has 1 saturated carbocycles. The predicted octanol–water partition coefficient (Wildman–Crippen LogP) is 3.53. The third-order valence-corrected chi connectivity index (χ3v) is 5.16. The lowest BCUT2D eigenvalue weighted by atomic mass is 9.89. The molecule has 1 aliphatic carbocycles. The molecule has 1 aliphatic rings.